The van der Waals surface area contributed by atoms with Crippen LogP contribution in [0, 0.1) is 19.8 Å². The normalized spacial score (nSPS) is 16.5. The smallest absolute Gasteiger partial charge is 0.126 e. The van der Waals surface area contributed by atoms with Gasteiger partial charge in [-0.15, -0.1) is 0 Å². The number of hydrogen-bond donors (Lipinski definition) is 2. The molecule has 2 heteroatoms. The first-order chi connectivity index (χ1) is 14.0. The number of allylic oxidation sites excluding steroid dienone is 1. The first-order valence-electron chi connectivity index (χ1n) is 11.3. The average molecular weight is 407 g/mol. The van der Waals surface area contributed by atoms with E-state index in [1.54, 1.807) is 0 Å². The number of aromatic hydroxyl groups is 2. The van der Waals surface area contributed by atoms with Crippen molar-refractivity contribution >= 4 is 5.57 Å². The summed E-state index contributed by atoms with van der Waals surface area (Å²) >= 11 is 0. The van der Waals surface area contributed by atoms with Crippen LogP contribution in [0.4, 0.5) is 0 Å². The van der Waals surface area contributed by atoms with Crippen LogP contribution in [0.25, 0.3) is 5.57 Å². The summed E-state index contributed by atoms with van der Waals surface area (Å²) in [5.74, 6) is 1.09. The maximum absolute atomic E-state index is 11.5. The molecule has 2 aromatic rings. The van der Waals surface area contributed by atoms with Crippen LogP contribution in [-0.2, 0) is 5.41 Å². The van der Waals surface area contributed by atoms with E-state index in [4.69, 9.17) is 0 Å². The molecule has 162 valence electrons. The van der Waals surface area contributed by atoms with Gasteiger partial charge in [-0.05, 0) is 67.7 Å². The van der Waals surface area contributed by atoms with Crippen molar-refractivity contribution in [2.45, 2.75) is 85.0 Å². The Kier molecular flexibility index (Phi) is 6.36. The second-order valence-electron chi connectivity index (χ2n) is 10.4. The van der Waals surface area contributed by atoms with Gasteiger partial charge in [0.2, 0.25) is 0 Å². The van der Waals surface area contributed by atoms with Crippen LogP contribution in [0.1, 0.15) is 99.1 Å². The fraction of sp³-hybridized carbons (Fsp3) is 0.500. The molecular weight excluding hydrogens is 368 g/mol. The van der Waals surface area contributed by atoms with E-state index in [-0.39, 0.29) is 11.3 Å². The molecule has 1 unspecified atom stereocenters. The molecule has 0 bridgehead atoms. The van der Waals surface area contributed by atoms with Gasteiger partial charge in [-0.2, -0.15) is 0 Å². The molecule has 3 rings (SSSR count). The fourth-order valence-corrected chi connectivity index (χ4v) is 5.13. The molecule has 2 nitrogen and oxygen atoms in total. The Morgan fingerprint density at radius 1 is 0.900 bits per heavy atom. The van der Waals surface area contributed by atoms with Crippen LogP contribution in [0.5, 0.6) is 11.5 Å². The zero-order valence-electron chi connectivity index (χ0n) is 19.6. The van der Waals surface area contributed by atoms with Crippen LogP contribution in [-0.4, -0.2) is 10.2 Å². The van der Waals surface area contributed by atoms with Crippen molar-refractivity contribution in [3.05, 3.63) is 64.2 Å². The number of hydrogen-bond acceptors (Lipinski definition) is 2. The maximum atomic E-state index is 11.5. The first kappa shape index (κ1) is 22.5. The molecule has 1 aliphatic carbocycles. The number of phenolic OH excluding ortho intramolecular Hbond substituents is 2. The Morgan fingerprint density at radius 2 is 1.43 bits per heavy atom. The van der Waals surface area contributed by atoms with Gasteiger partial charge in [0.25, 0.3) is 0 Å². The van der Waals surface area contributed by atoms with E-state index in [1.165, 1.54) is 19.3 Å². The third kappa shape index (κ3) is 4.43. The van der Waals surface area contributed by atoms with E-state index >= 15 is 0 Å². The van der Waals surface area contributed by atoms with E-state index < -0.39 is 0 Å². The molecule has 2 aromatic carbocycles. The van der Waals surface area contributed by atoms with Crippen molar-refractivity contribution in [3.8, 4) is 11.5 Å². The van der Waals surface area contributed by atoms with Gasteiger partial charge >= 0.3 is 0 Å². The molecule has 1 aliphatic rings. The average Bonchev–Trinajstić information content (AvgIpc) is 2.66. The Balaban J connectivity index is 2.30. The third-order valence-electron chi connectivity index (χ3n) is 6.63. The van der Waals surface area contributed by atoms with Gasteiger partial charge in [0.05, 0.1) is 0 Å². The van der Waals surface area contributed by atoms with Gasteiger partial charge in [-0.25, -0.2) is 0 Å². The highest BCUT2D eigenvalue weighted by atomic mass is 16.3. The third-order valence-corrected chi connectivity index (χ3v) is 6.63. The highest BCUT2D eigenvalue weighted by Crippen LogP contribution is 2.49. The number of benzene rings is 2. The van der Waals surface area contributed by atoms with Gasteiger partial charge in [-0.1, -0.05) is 70.4 Å². The Bertz CT molecular complexity index is 940. The minimum atomic E-state index is -0.153. The van der Waals surface area contributed by atoms with Gasteiger partial charge in [-0.3, -0.25) is 0 Å². The van der Waals surface area contributed by atoms with Crippen LogP contribution >= 0.6 is 0 Å². The SMILES string of the molecule is C=C(C)c1cc(C)cc(C(c2cc(C)cc(C(C)(C)C)c2O)C2CCCCC2)c1O. The second-order valence-corrected chi connectivity index (χ2v) is 10.4. The monoisotopic (exact) mass is 406 g/mol. The summed E-state index contributed by atoms with van der Waals surface area (Å²) in [4.78, 5) is 0. The molecule has 30 heavy (non-hydrogen) atoms. The van der Waals surface area contributed by atoms with Crippen molar-refractivity contribution < 1.29 is 10.2 Å². The first-order valence-corrected chi connectivity index (χ1v) is 11.3. The lowest BCUT2D eigenvalue weighted by atomic mass is 9.71. The van der Waals surface area contributed by atoms with Gasteiger partial charge in [0.15, 0.2) is 0 Å². The van der Waals surface area contributed by atoms with Gasteiger partial charge in [0, 0.05) is 22.6 Å². The molecule has 0 radical (unpaired) electrons. The van der Waals surface area contributed by atoms with E-state index in [0.29, 0.717) is 17.4 Å². The number of rotatable bonds is 4. The van der Waals surface area contributed by atoms with E-state index in [9.17, 15) is 10.2 Å². The van der Waals surface area contributed by atoms with Crippen molar-refractivity contribution in [3.63, 3.8) is 0 Å². The Morgan fingerprint density at radius 3 is 1.97 bits per heavy atom. The zero-order valence-corrected chi connectivity index (χ0v) is 19.6. The molecule has 0 spiro atoms. The summed E-state index contributed by atoms with van der Waals surface area (Å²) in [6.45, 7) is 16.6. The molecule has 1 saturated carbocycles. The fourth-order valence-electron chi connectivity index (χ4n) is 5.13. The van der Waals surface area contributed by atoms with Crippen molar-refractivity contribution in [1.82, 2.24) is 0 Å². The molecular formula is C28H38O2. The minimum absolute atomic E-state index is 0.0238. The van der Waals surface area contributed by atoms with Crippen LogP contribution < -0.4 is 0 Å². The molecule has 2 N–H and O–H groups in total. The minimum Gasteiger partial charge on any atom is -0.507 e. The number of phenols is 2. The summed E-state index contributed by atoms with van der Waals surface area (Å²) in [5, 5.41) is 22.7. The summed E-state index contributed by atoms with van der Waals surface area (Å²) < 4.78 is 0. The van der Waals surface area contributed by atoms with Crippen LogP contribution in [0.3, 0.4) is 0 Å². The predicted molar refractivity (Wildman–Crippen MR) is 128 cm³/mol. The quantitative estimate of drug-likeness (QED) is 0.544. The van der Waals surface area contributed by atoms with E-state index in [1.807, 2.05) is 13.0 Å². The highest BCUT2D eigenvalue weighted by molar-refractivity contribution is 5.70. The lowest BCUT2D eigenvalue weighted by Crippen LogP contribution is -2.20. The molecule has 1 fully saturated rings. The van der Waals surface area contributed by atoms with Crippen LogP contribution in [0.15, 0.2) is 30.8 Å². The molecule has 0 amide bonds. The highest BCUT2D eigenvalue weighted by Gasteiger charge is 2.33. The summed E-state index contributed by atoms with van der Waals surface area (Å²) in [5.41, 5.74) is 6.66. The lowest BCUT2D eigenvalue weighted by Gasteiger charge is -2.34. The van der Waals surface area contributed by atoms with E-state index in [0.717, 1.165) is 51.8 Å². The molecule has 0 heterocycles. The second kappa shape index (κ2) is 8.49. The maximum Gasteiger partial charge on any atom is 0.126 e. The molecule has 0 saturated heterocycles. The van der Waals surface area contributed by atoms with Crippen LogP contribution in [0.2, 0.25) is 0 Å². The van der Waals surface area contributed by atoms with Crippen molar-refractivity contribution in [1.29, 1.82) is 0 Å². The van der Waals surface area contributed by atoms with Crippen molar-refractivity contribution in [2.75, 3.05) is 0 Å². The van der Waals surface area contributed by atoms with E-state index in [2.05, 4.69) is 59.4 Å². The predicted octanol–water partition coefficient (Wildman–Crippen LogP) is 7.76. The zero-order chi connectivity index (χ0) is 22.2. The topological polar surface area (TPSA) is 40.5 Å². The standard InChI is InChI=1S/C28H38O2/c1-17(2)21-13-18(3)14-22(26(21)29)25(20-11-9-8-10-12-20)23-15-19(4)16-24(27(23)30)28(5,6)7/h13-16,20,25,29-30H,1,8-12H2,2-7H3. The van der Waals surface area contributed by atoms with Gasteiger partial charge in [0.1, 0.15) is 11.5 Å². The largest absolute Gasteiger partial charge is 0.507 e. The molecule has 0 aromatic heterocycles. The summed E-state index contributed by atoms with van der Waals surface area (Å²) in [7, 11) is 0. The number of aryl methyl sites for hydroxylation is 2. The molecule has 1 atom stereocenters. The summed E-state index contributed by atoms with van der Waals surface area (Å²) in [6, 6.07) is 8.35. The van der Waals surface area contributed by atoms with Crippen molar-refractivity contribution in [2.24, 2.45) is 5.92 Å². The lowest BCUT2D eigenvalue weighted by molar-refractivity contribution is 0.316. The van der Waals surface area contributed by atoms with Gasteiger partial charge < -0.3 is 10.2 Å². The molecule has 0 aliphatic heterocycles. The Labute approximate surface area is 182 Å². The summed E-state index contributed by atoms with van der Waals surface area (Å²) in [6.07, 6.45) is 5.93. The Hall–Kier alpha value is -2.22.